The average Bonchev–Trinajstić information content (AvgIpc) is 2.79. The predicted molar refractivity (Wildman–Crippen MR) is 126 cm³/mol. The fraction of sp³-hybridized carbons (Fsp3) is 0.125. The first-order valence-electron chi connectivity index (χ1n) is 9.82. The second-order valence-corrected chi connectivity index (χ2v) is 7.03. The SMILES string of the molecule is CCOC(=O)c1ccc(NC(=S)Nc2cccc(C(=O)NCc3ccccc3)c2)cc1. The maximum atomic E-state index is 12.5. The number of nitrogens with one attached hydrogen (secondary N) is 3. The summed E-state index contributed by atoms with van der Waals surface area (Å²) in [5.74, 6) is -0.530. The zero-order valence-electron chi connectivity index (χ0n) is 17.1. The van der Waals surface area contributed by atoms with E-state index in [0.717, 1.165) is 11.3 Å². The molecular formula is C24H23N3O3S. The zero-order chi connectivity index (χ0) is 22.1. The van der Waals surface area contributed by atoms with E-state index in [9.17, 15) is 9.59 Å². The molecule has 0 saturated heterocycles. The number of hydrogen-bond donors (Lipinski definition) is 3. The van der Waals surface area contributed by atoms with Crippen molar-refractivity contribution in [3.8, 4) is 0 Å². The molecule has 0 aliphatic rings. The normalized spacial score (nSPS) is 10.1. The predicted octanol–water partition coefficient (Wildman–Crippen LogP) is 4.60. The topological polar surface area (TPSA) is 79.5 Å². The van der Waals surface area contributed by atoms with Crippen LogP contribution in [0, 0.1) is 0 Å². The van der Waals surface area contributed by atoms with Crippen molar-refractivity contribution in [2.24, 2.45) is 0 Å². The second-order valence-electron chi connectivity index (χ2n) is 6.63. The number of carbonyl (C=O) groups excluding carboxylic acids is 2. The van der Waals surface area contributed by atoms with Crippen LogP contribution in [0.5, 0.6) is 0 Å². The molecule has 6 nitrogen and oxygen atoms in total. The Hall–Kier alpha value is -3.71. The monoisotopic (exact) mass is 433 g/mol. The van der Waals surface area contributed by atoms with Crippen molar-refractivity contribution in [1.82, 2.24) is 5.32 Å². The minimum Gasteiger partial charge on any atom is -0.462 e. The zero-order valence-corrected chi connectivity index (χ0v) is 17.9. The van der Waals surface area contributed by atoms with E-state index in [4.69, 9.17) is 17.0 Å². The molecule has 0 unspecified atom stereocenters. The fourth-order valence-corrected chi connectivity index (χ4v) is 3.05. The van der Waals surface area contributed by atoms with Crippen LogP contribution in [-0.2, 0) is 11.3 Å². The van der Waals surface area contributed by atoms with Crippen LogP contribution >= 0.6 is 12.2 Å². The fourth-order valence-electron chi connectivity index (χ4n) is 2.82. The molecule has 31 heavy (non-hydrogen) atoms. The minimum atomic E-state index is -0.364. The van der Waals surface area contributed by atoms with Gasteiger partial charge in [0.15, 0.2) is 5.11 Å². The summed E-state index contributed by atoms with van der Waals surface area (Å²) in [5.41, 5.74) is 3.45. The molecule has 3 rings (SSSR count). The average molecular weight is 434 g/mol. The van der Waals surface area contributed by atoms with Gasteiger partial charge in [0.05, 0.1) is 12.2 Å². The molecule has 0 aromatic heterocycles. The lowest BCUT2D eigenvalue weighted by molar-refractivity contribution is 0.0526. The van der Waals surface area contributed by atoms with Crippen molar-refractivity contribution in [3.05, 3.63) is 95.6 Å². The lowest BCUT2D eigenvalue weighted by Gasteiger charge is -2.12. The number of ether oxygens (including phenoxy) is 1. The summed E-state index contributed by atoms with van der Waals surface area (Å²) < 4.78 is 4.97. The first-order valence-corrected chi connectivity index (χ1v) is 10.2. The maximum absolute atomic E-state index is 12.5. The Labute approximate surface area is 186 Å². The molecule has 7 heteroatoms. The lowest BCUT2D eigenvalue weighted by atomic mass is 10.1. The van der Waals surface area contributed by atoms with Crippen LogP contribution < -0.4 is 16.0 Å². The van der Waals surface area contributed by atoms with Gasteiger partial charge in [0.25, 0.3) is 5.91 Å². The highest BCUT2D eigenvalue weighted by Crippen LogP contribution is 2.14. The maximum Gasteiger partial charge on any atom is 0.338 e. The standard InChI is InChI=1S/C24H23N3O3S/c1-2-30-23(29)18-11-13-20(14-12-18)26-24(31)27-21-10-6-9-19(15-21)22(28)25-16-17-7-4-3-5-8-17/h3-15H,2,16H2,1H3,(H,25,28)(H2,26,27,31). The van der Waals surface area contributed by atoms with E-state index in [1.165, 1.54) is 0 Å². The number of rotatable bonds is 7. The van der Waals surface area contributed by atoms with E-state index in [1.54, 1.807) is 49.4 Å². The van der Waals surface area contributed by atoms with Gasteiger partial charge in [-0.1, -0.05) is 36.4 Å². The summed E-state index contributed by atoms with van der Waals surface area (Å²) >= 11 is 5.35. The highest BCUT2D eigenvalue weighted by Gasteiger charge is 2.08. The van der Waals surface area contributed by atoms with Gasteiger partial charge in [-0.25, -0.2) is 4.79 Å². The summed E-state index contributed by atoms with van der Waals surface area (Å²) in [4.78, 5) is 24.2. The quantitative estimate of drug-likeness (QED) is 0.373. The summed E-state index contributed by atoms with van der Waals surface area (Å²) in [5, 5.41) is 9.39. The Kier molecular flexibility index (Phi) is 7.73. The van der Waals surface area contributed by atoms with Crippen molar-refractivity contribution >= 4 is 40.6 Å². The molecule has 0 aliphatic carbocycles. The van der Waals surface area contributed by atoms with E-state index in [-0.39, 0.29) is 11.9 Å². The van der Waals surface area contributed by atoms with Crippen molar-refractivity contribution in [1.29, 1.82) is 0 Å². The van der Waals surface area contributed by atoms with E-state index >= 15 is 0 Å². The van der Waals surface area contributed by atoms with Gasteiger partial charge in [0.1, 0.15) is 0 Å². The van der Waals surface area contributed by atoms with Crippen LogP contribution in [0.2, 0.25) is 0 Å². The van der Waals surface area contributed by atoms with Crippen molar-refractivity contribution in [2.45, 2.75) is 13.5 Å². The number of esters is 1. The summed E-state index contributed by atoms with van der Waals surface area (Å²) in [6.07, 6.45) is 0. The molecule has 0 atom stereocenters. The molecule has 1 amide bonds. The number of hydrogen-bond acceptors (Lipinski definition) is 4. The molecule has 0 heterocycles. The Balaban J connectivity index is 1.55. The van der Waals surface area contributed by atoms with Gasteiger partial charge in [0, 0.05) is 23.5 Å². The molecule has 3 aromatic carbocycles. The molecule has 0 spiro atoms. The van der Waals surface area contributed by atoms with Crippen LogP contribution in [-0.4, -0.2) is 23.6 Å². The first kappa shape index (κ1) is 22.0. The van der Waals surface area contributed by atoms with Crippen LogP contribution in [0.15, 0.2) is 78.9 Å². The van der Waals surface area contributed by atoms with Crippen molar-refractivity contribution < 1.29 is 14.3 Å². The van der Waals surface area contributed by atoms with Gasteiger partial charge in [0.2, 0.25) is 0 Å². The number of thiocarbonyl (C=S) groups is 1. The Bertz CT molecular complexity index is 1050. The second kappa shape index (κ2) is 10.9. The van der Waals surface area contributed by atoms with Crippen LogP contribution in [0.1, 0.15) is 33.2 Å². The van der Waals surface area contributed by atoms with E-state index in [1.807, 2.05) is 36.4 Å². The van der Waals surface area contributed by atoms with Crippen LogP contribution in [0.3, 0.4) is 0 Å². The van der Waals surface area contributed by atoms with Gasteiger partial charge >= 0.3 is 5.97 Å². The molecule has 3 aromatic rings. The smallest absolute Gasteiger partial charge is 0.338 e. The van der Waals surface area contributed by atoms with Crippen LogP contribution in [0.4, 0.5) is 11.4 Å². The van der Waals surface area contributed by atoms with Gasteiger partial charge in [-0.15, -0.1) is 0 Å². The van der Waals surface area contributed by atoms with Crippen molar-refractivity contribution in [3.63, 3.8) is 0 Å². The molecule has 0 aliphatic heterocycles. The molecule has 3 N–H and O–H groups in total. The largest absolute Gasteiger partial charge is 0.462 e. The van der Waals surface area contributed by atoms with E-state index in [0.29, 0.717) is 35.1 Å². The summed E-state index contributed by atoms with van der Waals surface area (Å²) in [6.45, 7) is 2.55. The number of benzene rings is 3. The third-order valence-corrected chi connectivity index (χ3v) is 4.54. The number of carbonyl (C=O) groups is 2. The number of amides is 1. The van der Waals surface area contributed by atoms with Crippen molar-refractivity contribution in [2.75, 3.05) is 17.2 Å². The van der Waals surface area contributed by atoms with Gasteiger partial charge in [-0.05, 0) is 67.2 Å². The molecule has 158 valence electrons. The third kappa shape index (κ3) is 6.65. The van der Waals surface area contributed by atoms with Gasteiger partial charge in [-0.2, -0.15) is 0 Å². The number of anilines is 2. The molecule has 0 radical (unpaired) electrons. The lowest BCUT2D eigenvalue weighted by Crippen LogP contribution is -2.23. The van der Waals surface area contributed by atoms with E-state index in [2.05, 4.69) is 16.0 Å². The Morgan fingerprint density at radius 2 is 1.55 bits per heavy atom. The van der Waals surface area contributed by atoms with Gasteiger partial charge in [-0.3, -0.25) is 4.79 Å². The Morgan fingerprint density at radius 3 is 2.26 bits per heavy atom. The highest BCUT2D eigenvalue weighted by atomic mass is 32.1. The van der Waals surface area contributed by atoms with E-state index < -0.39 is 0 Å². The van der Waals surface area contributed by atoms with Crippen LogP contribution in [0.25, 0.3) is 0 Å². The molecule has 0 fully saturated rings. The first-order chi connectivity index (χ1) is 15.0. The summed E-state index contributed by atoms with van der Waals surface area (Å²) in [6, 6.07) is 23.6. The van der Waals surface area contributed by atoms with Gasteiger partial charge < -0.3 is 20.7 Å². The highest BCUT2D eigenvalue weighted by molar-refractivity contribution is 7.80. The Morgan fingerprint density at radius 1 is 0.839 bits per heavy atom. The minimum absolute atomic E-state index is 0.166. The molecule has 0 bridgehead atoms. The third-order valence-electron chi connectivity index (χ3n) is 4.33. The molecule has 0 saturated carbocycles. The summed E-state index contributed by atoms with van der Waals surface area (Å²) in [7, 11) is 0. The molecular weight excluding hydrogens is 410 g/mol.